The highest BCUT2D eigenvalue weighted by Crippen LogP contribution is 2.29. The third-order valence-corrected chi connectivity index (χ3v) is 5.28. The lowest BCUT2D eigenvalue weighted by molar-refractivity contribution is 0.121. The summed E-state index contributed by atoms with van der Waals surface area (Å²) < 4.78 is 0. The Morgan fingerprint density at radius 3 is 2.74 bits per heavy atom. The van der Waals surface area contributed by atoms with Gasteiger partial charge in [0.1, 0.15) is 5.82 Å². The van der Waals surface area contributed by atoms with Gasteiger partial charge >= 0.3 is 0 Å². The molecule has 0 aliphatic carbocycles. The summed E-state index contributed by atoms with van der Waals surface area (Å²) in [5, 5.41) is 0. The Bertz CT molecular complexity index is 636. The lowest BCUT2D eigenvalue weighted by atomic mass is 9.95. The standard InChI is InChI=1S/C19H26N4/c1-15-20-9-18(21-15)13-23-12-17-7-8-19(23)14-22(11-17)10-16-5-3-2-4-6-16/h2-6,9,17,19H,7-8,10-14H2,1H3,(H,20,21)/t17-,19+/m0/s1. The molecule has 23 heavy (non-hydrogen) atoms. The number of rotatable bonds is 4. The van der Waals surface area contributed by atoms with Crippen molar-refractivity contribution in [1.29, 1.82) is 0 Å². The van der Waals surface area contributed by atoms with Crippen LogP contribution in [-0.2, 0) is 13.1 Å². The number of hydrogen-bond donors (Lipinski definition) is 1. The van der Waals surface area contributed by atoms with Gasteiger partial charge in [0.25, 0.3) is 0 Å². The third kappa shape index (κ3) is 3.48. The second kappa shape index (κ2) is 6.46. The van der Waals surface area contributed by atoms with E-state index in [0.717, 1.165) is 24.8 Å². The van der Waals surface area contributed by atoms with Gasteiger partial charge in [0.05, 0.1) is 0 Å². The Morgan fingerprint density at radius 2 is 1.96 bits per heavy atom. The van der Waals surface area contributed by atoms with E-state index >= 15 is 0 Å². The van der Waals surface area contributed by atoms with Gasteiger partial charge in [0.2, 0.25) is 0 Å². The summed E-state index contributed by atoms with van der Waals surface area (Å²) >= 11 is 0. The van der Waals surface area contributed by atoms with Crippen molar-refractivity contribution in [1.82, 2.24) is 19.8 Å². The molecular formula is C19H26N4. The molecule has 0 spiro atoms. The molecule has 3 aliphatic heterocycles. The maximum Gasteiger partial charge on any atom is 0.103 e. The molecule has 2 bridgehead atoms. The number of nitrogens with zero attached hydrogens (tertiary/aromatic N) is 3. The summed E-state index contributed by atoms with van der Waals surface area (Å²) in [4.78, 5) is 13.1. The van der Waals surface area contributed by atoms with Gasteiger partial charge in [-0.2, -0.15) is 0 Å². The predicted octanol–water partition coefficient (Wildman–Crippen LogP) is 2.81. The van der Waals surface area contributed by atoms with Crippen LogP contribution in [0.5, 0.6) is 0 Å². The molecule has 5 rings (SSSR count). The van der Waals surface area contributed by atoms with Crippen molar-refractivity contribution in [3.63, 3.8) is 0 Å². The minimum absolute atomic E-state index is 0.682. The Kier molecular flexibility index (Phi) is 4.19. The van der Waals surface area contributed by atoms with E-state index in [-0.39, 0.29) is 0 Å². The van der Waals surface area contributed by atoms with Crippen molar-refractivity contribution in [2.45, 2.75) is 38.9 Å². The van der Waals surface area contributed by atoms with Gasteiger partial charge in [-0.25, -0.2) is 4.98 Å². The molecule has 3 saturated heterocycles. The van der Waals surface area contributed by atoms with Gasteiger partial charge in [0.15, 0.2) is 0 Å². The number of piperidine rings is 1. The number of aromatic nitrogens is 2. The van der Waals surface area contributed by atoms with E-state index in [4.69, 9.17) is 0 Å². The van der Waals surface area contributed by atoms with Crippen LogP contribution in [-0.4, -0.2) is 45.4 Å². The van der Waals surface area contributed by atoms with Gasteiger partial charge < -0.3 is 4.98 Å². The zero-order chi connectivity index (χ0) is 15.6. The first-order chi connectivity index (χ1) is 11.3. The first-order valence-corrected chi connectivity index (χ1v) is 8.77. The normalized spacial score (nSPS) is 25.6. The third-order valence-electron chi connectivity index (χ3n) is 5.28. The molecule has 0 radical (unpaired) electrons. The SMILES string of the molecule is Cc1ncc(CN2C[C@H]3CC[C@@H]2CN(Cc2ccccc2)C3)[nH]1. The second-order valence-electron chi connectivity index (χ2n) is 7.20. The molecule has 2 aromatic rings. The van der Waals surface area contributed by atoms with Crippen molar-refractivity contribution in [2.75, 3.05) is 19.6 Å². The number of nitrogens with one attached hydrogen (secondary N) is 1. The number of aromatic amines is 1. The van der Waals surface area contributed by atoms with Gasteiger partial charge in [-0.05, 0) is 31.2 Å². The number of benzene rings is 1. The fraction of sp³-hybridized carbons (Fsp3) is 0.526. The highest BCUT2D eigenvalue weighted by atomic mass is 15.3. The van der Waals surface area contributed by atoms with E-state index in [9.17, 15) is 0 Å². The summed E-state index contributed by atoms with van der Waals surface area (Å²) in [6.45, 7) is 7.79. The first kappa shape index (κ1) is 14.9. The van der Waals surface area contributed by atoms with Crippen LogP contribution < -0.4 is 0 Å². The number of fused-ring (bicyclic) bond motifs is 4. The van der Waals surface area contributed by atoms with E-state index in [1.165, 1.54) is 43.7 Å². The van der Waals surface area contributed by atoms with E-state index in [0.29, 0.717) is 6.04 Å². The largest absolute Gasteiger partial charge is 0.345 e. The number of H-pyrrole nitrogens is 1. The number of imidazole rings is 1. The molecule has 122 valence electrons. The Hall–Kier alpha value is -1.65. The van der Waals surface area contributed by atoms with E-state index in [1.807, 2.05) is 13.1 Å². The average Bonchev–Trinajstić information content (AvgIpc) is 2.77. The quantitative estimate of drug-likeness (QED) is 0.943. The van der Waals surface area contributed by atoms with Crippen LogP contribution in [0.25, 0.3) is 0 Å². The zero-order valence-corrected chi connectivity index (χ0v) is 13.9. The minimum atomic E-state index is 0.682. The molecule has 0 unspecified atom stereocenters. The van der Waals surface area contributed by atoms with Gasteiger partial charge in [-0.1, -0.05) is 30.3 Å². The molecule has 1 aromatic carbocycles. The lowest BCUT2D eigenvalue weighted by Crippen LogP contribution is -2.43. The maximum atomic E-state index is 4.35. The van der Waals surface area contributed by atoms with Crippen molar-refractivity contribution >= 4 is 0 Å². The van der Waals surface area contributed by atoms with Crippen LogP contribution in [0.4, 0.5) is 0 Å². The molecule has 0 saturated carbocycles. The molecule has 4 nitrogen and oxygen atoms in total. The van der Waals surface area contributed by atoms with Gasteiger partial charge in [0, 0.05) is 50.7 Å². The van der Waals surface area contributed by atoms with Gasteiger partial charge in [-0.15, -0.1) is 0 Å². The Morgan fingerprint density at radius 1 is 1.09 bits per heavy atom. The number of aryl methyl sites for hydroxylation is 1. The molecule has 4 heteroatoms. The highest BCUT2D eigenvalue weighted by Gasteiger charge is 2.34. The monoisotopic (exact) mass is 310 g/mol. The van der Waals surface area contributed by atoms with E-state index < -0.39 is 0 Å². The lowest BCUT2D eigenvalue weighted by Gasteiger charge is -2.35. The van der Waals surface area contributed by atoms with Crippen LogP contribution in [0.15, 0.2) is 36.5 Å². The van der Waals surface area contributed by atoms with Gasteiger partial charge in [-0.3, -0.25) is 9.80 Å². The molecule has 4 heterocycles. The molecule has 1 aromatic heterocycles. The fourth-order valence-electron chi connectivity index (χ4n) is 4.21. The van der Waals surface area contributed by atoms with Crippen LogP contribution in [0.1, 0.15) is 29.9 Å². The van der Waals surface area contributed by atoms with E-state index in [1.54, 1.807) is 0 Å². The summed E-state index contributed by atoms with van der Waals surface area (Å²) in [6.07, 6.45) is 4.72. The van der Waals surface area contributed by atoms with Crippen molar-refractivity contribution in [3.8, 4) is 0 Å². The fourth-order valence-corrected chi connectivity index (χ4v) is 4.21. The summed E-state index contributed by atoms with van der Waals surface area (Å²) in [6, 6.07) is 11.6. The molecule has 0 amide bonds. The summed E-state index contributed by atoms with van der Waals surface area (Å²) in [7, 11) is 0. The van der Waals surface area contributed by atoms with E-state index in [2.05, 4.69) is 50.1 Å². The average molecular weight is 310 g/mol. The van der Waals surface area contributed by atoms with Crippen molar-refractivity contribution < 1.29 is 0 Å². The minimum Gasteiger partial charge on any atom is -0.345 e. The van der Waals surface area contributed by atoms with Crippen molar-refractivity contribution in [3.05, 3.63) is 53.6 Å². The van der Waals surface area contributed by atoms with Crippen LogP contribution in [0.2, 0.25) is 0 Å². The first-order valence-electron chi connectivity index (χ1n) is 8.77. The molecule has 2 atom stereocenters. The van der Waals surface area contributed by atoms with Crippen LogP contribution >= 0.6 is 0 Å². The highest BCUT2D eigenvalue weighted by molar-refractivity contribution is 5.14. The summed E-state index contributed by atoms with van der Waals surface area (Å²) in [5.41, 5.74) is 2.69. The molecule has 3 fully saturated rings. The summed E-state index contributed by atoms with van der Waals surface area (Å²) in [5.74, 6) is 1.83. The van der Waals surface area contributed by atoms with Crippen LogP contribution in [0.3, 0.4) is 0 Å². The van der Waals surface area contributed by atoms with Crippen LogP contribution in [0, 0.1) is 12.8 Å². The molecule has 3 aliphatic rings. The maximum absolute atomic E-state index is 4.35. The number of hydrogen-bond acceptors (Lipinski definition) is 3. The predicted molar refractivity (Wildman–Crippen MR) is 92.0 cm³/mol. The molecule has 1 N–H and O–H groups in total. The molecular weight excluding hydrogens is 284 g/mol. The Labute approximate surface area is 138 Å². The Balaban J connectivity index is 1.44. The van der Waals surface area contributed by atoms with Crippen molar-refractivity contribution in [2.24, 2.45) is 5.92 Å². The topological polar surface area (TPSA) is 35.2 Å². The zero-order valence-electron chi connectivity index (χ0n) is 13.9. The second-order valence-corrected chi connectivity index (χ2v) is 7.20. The smallest absolute Gasteiger partial charge is 0.103 e.